The fourth-order valence-corrected chi connectivity index (χ4v) is 2.56. The molecule has 5 N–H and O–H groups in total. The number of rotatable bonds is 7. The van der Waals surface area contributed by atoms with E-state index in [0.717, 1.165) is 17.6 Å². The number of nitrogens with one attached hydrogen (secondary N) is 3. The first-order valence-electron chi connectivity index (χ1n) is 5.56. The Bertz CT molecular complexity index is 540. The molecule has 10 heteroatoms. The molecule has 0 aromatic carbocycles. The van der Waals surface area contributed by atoms with Crippen LogP contribution in [0.4, 0.5) is 10.9 Å². The highest BCUT2D eigenvalue weighted by Crippen LogP contribution is 2.24. The van der Waals surface area contributed by atoms with E-state index in [2.05, 4.69) is 20.3 Å². The van der Waals surface area contributed by atoms with Gasteiger partial charge in [0.2, 0.25) is 10.0 Å². The quantitative estimate of drug-likeness (QED) is 0.500. The topological polar surface area (TPSA) is 126 Å². The van der Waals surface area contributed by atoms with Gasteiger partial charge in [0.1, 0.15) is 10.7 Å². The van der Waals surface area contributed by atoms with Crippen LogP contribution < -0.4 is 21.1 Å². The standard InChI is InChI=1S/C9H17N5O3S2/c1-3-11-9-14-7(10)6(18-9)8(15)12-4-5-13-19(2,16)17/h13H,3-5,10H2,1-2H3,(H,11,14)(H,12,15). The van der Waals surface area contributed by atoms with Gasteiger partial charge in [-0.2, -0.15) is 0 Å². The zero-order chi connectivity index (χ0) is 14.5. The highest BCUT2D eigenvalue weighted by atomic mass is 32.2. The van der Waals surface area contributed by atoms with Crippen molar-refractivity contribution >= 4 is 38.2 Å². The summed E-state index contributed by atoms with van der Waals surface area (Å²) in [5.41, 5.74) is 5.63. The van der Waals surface area contributed by atoms with E-state index in [9.17, 15) is 13.2 Å². The number of aromatic nitrogens is 1. The Morgan fingerprint density at radius 3 is 2.68 bits per heavy atom. The minimum absolute atomic E-state index is 0.128. The summed E-state index contributed by atoms with van der Waals surface area (Å²) >= 11 is 1.16. The van der Waals surface area contributed by atoms with E-state index in [4.69, 9.17) is 5.73 Å². The molecular formula is C9H17N5O3S2. The molecule has 1 heterocycles. The fraction of sp³-hybridized carbons (Fsp3) is 0.556. The first-order valence-corrected chi connectivity index (χ1v) is 8.27. The van der Waals surface area contributed by atoms with Crippen LogP contribution in [0.2, 0.25) is 0 Å². The SMILES string of the molecule is CCNc1nc(N)c(C(=O)NCCNS(C)(=O)=O)s1. The van der Waals surface area contributed by atoms with Gasteiger partial charge in [-0.05, 0) is 6.92 Å². The van der Waals surface area contributed by atoms with Gasteiger partial charge >= 0.3 is 0 Å². The van der Waals surface area contributed by atoms with E-state index in [-0.39, 0.29) is 24.8 Å². The molecule has 0 saturated heterocycles. The molecule has 0 aliphatic carbocycles. The molecule has 1 aromatic heterocycles. The minimum atomic E-state index is -3.24. The molecule has 19 heavy (non-hydrogen) atoms. The second kappa shape index (κ2) is 6.68. The highest BCUT2D eigenvalue weighted by molar-refractivity contribution is 7.88. The predicted octanol–water partition coefficient (Wildman–Crippen LogP) is -0.564. The number of hydrogen-bond acceptors (Lipinski definition) is 7. The minimum Gasteiger partial charge on any atom is -0.382 e. The first-order chi connectivity index (χ1) is 8.83. The summed E-state index contributed by atoms with van der Waals surface area (Å²) in [7, 11) is -3.24. The van der Waals surface area contributed by atoms with Gasteiger partial charge in [-0.25, -0.2) is 18.1 Å². The molecule has 1 aromatic rings. The average molecular weight is 307 g/mol. The van der Waals surface area contributed by atoms with Gasteiger partial charge in [-0.3, -0.25) is 4.79 Å². The van der Waals surface area contributed by atoms with Crippen LogP contribution in [0.15, 0.2) is 0 Å². The fourth-order valence-electron chi connectivity index (χ4n) is 1.21. The van der Waals surface area contributed by atoms with E-state index in [1.807, 2.05) is 6.92 Å². The van der Waals surface area contributed by atoms with Crippen LogP contribution in [0.5, 0.6) is 0 Å². The first kappa shape index (κ1) is 15.7. The summed E-state index contributed by atoms with van der Waals surface area (Å²) in [6.07, 6.45) is 1.05. The van der Waals surface area contributed by atoms with Gasteiger partial charge in [-0.15, -0.1) is 0 Å². The predicted molar refractivity (Wildman–Crippen MR) is 75.9 cm³/mol. The Balaban J connectivity index is 2.49. The third-order valence-electron chi connectivity index (χ3n) is 1.96. The zero-order valence-electron chi connectivity index (χ0n) is 10.7. The Hall–Kier alpha value is -1.39. The lowest BCUT2D eigenvalue weighted by Crippen LogP contribution is -2.34. The van der Waals surface area contributed by atoms with Crippen molar-refractivity contribution in [3.8, 4) is 0 Å². The summed E-state index contributed by atoms with van der Waals surface area (Å²) in [6, 6.07) is 0. The lowest BCUT2D eigenvalue weighted by molar-refractivity contribution is 0.0959. The number of nitrogens with zero attached hydrogens (tertiary/aromatic N) is 1. The number of anilines is 2. The summed E-state index contributed by atoms with van der Waals surface area (Å²) < 4.78 is 23.9. The summed E-state index contributed by atoms with van der Waals surface area (Å²) in [5.74, 6) is -0.205. The second-order valence-corrected chi connectivity index (χ2v) is 6.52. The molecule has 0 radical (unpaired) electrons. The van der Waals surface area contributed by atoms with Crippen LogP contribution in [-0.4, -0.2) is 45.2 Å². The monoisotopic (exact) mass is 307 g/mol. The molecule has 1 rings (SSSR count). The van der Waals surface area contributed by atoms with Crippen LogP contribution in [0.3, 0.4) is 0 Å². The van der Waals surface area contributed by atoms with Crippen LogP contribution in [0.1, 0.15) is 16.6 Å². The van der Waals surface area contributed by atoms with E-state index in [1.54, 1.807) is 0 Å². The maximum Gasteiger partial charge on any atom is 0.265 e. The second-order valence-electron chi connectivity index (χ2n) is 3.69. The van der Waals surface area contributed by atoms with Crippen LogP contribution >= 0.6 is 11.3 Å². The number of carbonyl (C=O) groups is 1. The van der Waals surface area contributed by atoms with Crippen molar-refractivity contribution in [1.29, 1.82) is 0 Å². The van der Waals surface area contributed by atoms with Crippen LogP contribution in [-0.2, 0) is 10.0 Å². The van der Waals surface area contributed by atoms with Gasteiger partial charge in [-0.1, -0.05) is 11.3 Å². The molecule has 108 valence electrons. The van der Waals surface area contributed by atoms with Crippen molar-refractivity contribution in [3.63, 3.8) is 0 Å². The average Bonchev–Trinajstić information content (AvgIpc) is 2.65. The van der Waals surface area contributed by atoms with Gasteiger partial charge in [0, 0.05) is 19.6 Å². The Labute approximate surface area is 115 Å². The van der Waals surface area contributed by atoms with Crippen LogP contribution in [0.25, 0.3) is 0 Å². The Morgan fingerprint density at radius 1 is 1.42 bits per heavy atom. The number of nitrogen functional groups attached to an aromatic ring is 1. The van der Waals surface area contributed by atoms with E-state index < -0.39 is 10.0 Å². The van der Waals surface area contributed by atoms with Crippen LogP contribution in [0, 0.1) is 0 Å². The molecule has 0 fully saturated rings. The normalized spacial score (nSPS) is 11.3. The van der Waals surface area contributed by atoms with E-state index >= 15 is 0 Å². The lowest BCUT2D eigenvalue weighted by atomic mass is 10.4. The van der Waals surface area contributed by atoms with Crippen molar-refractivity contribution in [1.82, 2.24) is 15.0 Å². The Morgan fingerprint density at radius 2 is 2.11 bits per heavy atom. The number of nitrogens with two attached hydrogens (primary N) is 1. The van der Waals surface area contributed by atoms with Crippen molar-refractivity contribution in [3.05, 3.63) is 4.88 Å². The smallest absolute Gasteiger partial charge is 0.265 e. The highest BCUT2D eigenvalue weighted by Gasteiger charge is 2.15. The molecule has 0 aliphatic rings. The van der Waals surface area contributed by atoms with Gasteiger partial charge < -0.3 is 16.4 Å². The molecule has 0 atom stereocenters. The van der Waals surface area contributed by atoms with Crippen molar-refractivity contribution in [2.45, 2.75) is 6.92 Å². The van der Waals surface area contributed by atoms with E-state index in [0.29, 0.717) is 16.6 Å². The van der Waals surface area contributed by atoms with E-state index in [1.165, 1.54) is 0 Å². The number of hydrogen-bond donors (Lipinski definition) is 4. The molecule has 0 saturated carbocycles. The summed E-state index contributed by atoms with van der Waals surface area (Å²) in [6.45, 7) is 2.91. The molecule has 0 bridgehead atoms. The molecule has 1 amide bonds. The molecule has 0 aliphatic heterocycles. The third-order valence-corrected chi connectivity index (χ3v) is 3.72. The van der Waals surface area contributed by atoms with Crippen molar-refractivity contribution < 1.29 is 13.2 Å². The molecule has 8 nitrogen and oxygen atoms in total. The van der Waals surface area contributed by atoms with Crippen molar-refractivity contribution in [2.75, 3.05) is 36.9 Å². The summed E-state index contributed by atoms with van der Waals surface area (Å²) in [5, 5.41) is 6.11. The van der Waals surface area contributed by atoms with Gasteiger partial charge in [0.15, 0.2) is 5.13 Å². The lowest BCUT2D eigenvalue weighted by Gasteiger charge is -2.04. The molecular weight excluding hydrogens is 290 g/mol. The zero-order valence-corrected chi connectivity index (χ0v) is 12.3. The number of thiazole rings is 1. The number of carbonyl (C=O) groups excluding carboxylic acids is 1. The largest absolute Gasteiger partial charge is 0.382 e. The van der Waals surface area contributed by atoms with Gasteiger partial charge in [0.05, 0.1) is 6.26 Å². The number of sulfonamides is 1. The Kier molecular flexibility index (Phi) is 5.51. The maximum absolute atomic E-state index is 11.8. The third kappa shape index (κ3) is 5.41. The molecule has 0 spiro atoms. The van der Waals surface area contributed by atoms with Gasteiger partial charge in [0.25, 0.3) is 5.91 Å². The number of amides is 1. The summed E-state index contributed by atoms with van der Waals surface area (Å²) in [4.78, 5) is 16.1. The molecule has 0 unspecified atom stereocenters. The maximum atomic E-state index is 11.8. The van der Waals surface area contributed by atoms with Crippen molar-refractivity contribution in [2.24, 2.45) is 0 Å².